The Balaban J connectivity index is 1.67. The van der Waals surface area contributed by atoms with Crippen LogP contribution in [0.5, 0.6) is 0 Å². The lowest BCUT2D eigenvalue weighted by molar-refractivity contribution is -0.141. The molecule has 2 amide bonds. The average Bonchev–Trinajstić information content (AvgIpc) is 3.09. The topological polar surface area (TPSA) is 59.1 Å². The highest BCUT2D eigenvalue weighted by atomic mass is 19.1. The van der Waals surface area contributed by atoms with E-state index in [0.29, 0.717) is 45.1 Å². The summed E-state index contributed by atoms with van der Waals surface area (Å²) in [6.45, 7) is 4.32. The van der Waals surface area contributed by atoms with E-state index < -0.39 is 23.5 Å². The number of halogens is 1. The molecule has 4 rings (SSSR count). The van der Waals surface area contributed by atoms with E-state index in [9.17, 15) is 14.0 Å². The number of rotatable bonds is 2. The molecule has 0 N–H and O–H groups in total. The first-order chi connectivity index (χ1) is 13.5. The molecule has 0 bridgehead atoms. The summed E-state index contributed by atoms with van der Waals surface area (Å²) in [7, 11) is 0. The molecule has 0 aromatic heterocycles. The molecule has 2 heterocycles. The van der Waals surface area contributed by atoms with E-state index >= 15 is 0 Å². The summed E-state index contributed by atoms with van der Waals surface area (Å²) in [4.78, 5) is 29.9. The summed E-state index contributed by atoms with van der Waals surface area (Å²) in [6.07, 6.45) is 3.17. The van der Waals surface area contributed by atoms with E-state index in [1.807, 2.05) is 0 Å². The molecule has 7 heteroatoms. The zero-order chi connectivity index (χ0) is 19.7. The second kappa shape index (κ2) is 7.79. The number of ether oxygens (including phenoxy) is 2. The molecule has 152 valence electrons. The third kappa shape index (κ3) is 3.42. The molecule has 0 radical (unpaired) electrons. The first kappa shape index (κ1) is 19.3. The largest absolute Gasteiger partial charge is 0.378 e. The minimum atomic E-state index is -0.821. The van der Waals surface area contributed by atoms with E-state index in [1.54, 1.807) is 21.9 Å². The number of benzene rings is 1. The van der Waals surface area contributed by atoms with E-state index in [0.717, 1.165) is 12.8 Å². The molecule has 3 fully saturated rings. The van der Waals surface area contributed by atoms with Crippen LogP contribution < -0.4 is 0 Å². The lowest BCUT2D eigenvalue weighted by Crippen LogP contribution is -2.58. The van der Waals surface area contributed by atoms with Gasteiger partial charge in [-0.3, -0.25) is 14.5 Å². The Labute approximate surface area is 164 Å². The lowest BCUT2D eigenvalue weighted by Gasteiger charge is -2.43. The summed E-state index contributed by atoms with van der Waals surface area (Å²) < 4.78 is 25.9. The van der Waals surface area contributed by atoms with Crippen LogP contribution in [0.3, 0.4) is 0 Å². The smallest absolute Gasteiger partial charge is 0.259 e. The summed E-state index contributed by atoms with van der Waals surface area (Å²) in [5.74, 6) is -0.620. The number of carbonyl (C=O) groups is 2. The van der Waals surface area contributed by atoms with E-state index in [2.05, 4.69) is 6.92 Å². The van der Waals surface area contributed by atoms with Gasteiger partial charge >= 0.3 is 0 Å². The van der Waals surface area contributed by atoms with Crippen LogP contribution in [0.1, 0.15) is 43.0 Å². The SMILES string of the molecule is CC1CCC2(CC1)OC[C@H](C(=O)N1CCOCC1)N2C(=O)c1ccccc1F. The van der Waals surface area contributed by atoms with Gasteiger partial charge in [0.1, 0.15) is 17.6 Å². The van der Waals surface area contributed by atoms with Gasteiger partial charge in [-0.05, 0) is 43.7 Å². The molecule has 3 aliphatic rings. The van der Waals surface area contributed by atoms with Crippen molar-refractivity contribution in [3.05, 3.63) is 35.6 Å². The van der Waals surface area contributed by atoms with Crippen LogP contribution in [-0.2, 0) is 14.3 Å². The van der Waals surface area contributed by atoms with Gasteiger partial charge in [-0.2, -0.15) is 0 Å². The fourth-order valence-electron chi connectivity index (χ4n) is 4.53. The lowest BCUT2D eigenvalue weighted by atomic mass is 9.83. The monoisotopic (exact) mass is 390 g/mol. The van der Waals surface area contributed by atoms with Crippen molar-refractivity contribution in [1.82, 2.24) is 9.80 Å². The molecule has 1 aromatic rings. The van der Waals surface area contributed by atoms with Gasteiger partial charge in [-0.15, -0.1) is 0 Å². The normalized spacial score (nSPS) is 30.6. The minimum Gasteiger partial charge on any atom is -0.378 e. The third-order valence-electron chi connectivity index (χ3n) is 6.25. The van der Waals surface area contributed by atoms with Crippen LogP contribution in [0.4, 0.5) is 4.39 Å². The Morgan fingerprint density at radius 2 is 1.82 bits per heavy atom. The summed E-state index contributed by atoms with van der Waals surface area (Å²) in [6, 6.07) is 5.23. The molecule has 1 atom stereocenters. The molecule has 1 aliphatic carbocycles. The van der Waals surface area contributed by atoms with Crippen LogP contribution in [0.2, 0.25) is 0 Å². The number of amides is 2. The van der Waals surface area contributed by atoms with Crippen molar-refractivity contribution in [3.63, 3.8) is 0 Å². The third-order valence-corrected chi connectivity index (χ3v) is 6.25. The van der Waals surface area contributed by atoms with Gasteiger partial charge in [0, 0.05) is 13.1 Å². The maximum Gasteiger partial charge on any atom is 0.259 e. The highest BCUT2D eigenvalue weighted by Crippen LogP contribution is 2.43. The van der Waals surface area contributed by atoms with Gasteiger partial charge in [0.25, 0.3) is 5.91 Å². The Morgan fingerprint density at radius 3 is 2.50 bits per heavy atom. The van der Waals surface area contributed by atoms with Crippen LogP contribution in [0.25, 0.3) is 0 Å². The van der Waals surface area contributed by atoms with E-state index in [1.165, 1.54) is 12.1 Å². The molecular weight excluding hydrogens is 363 g/mol. The van der Waals surface area contributed by atoms with Crippen LogP contribution in [-0.4, -0.2) is 66.3 Å². The zero-order valence-corrected chi connectivity index (χ0v) is 16.2. The highest BCUT2D eigenvalue weighted by Gasteiger charge is 2.54. The van der Waals surface area contributed by atoms with Crippen LogP contribution in [0.15, 0.2) is 24.3 Å². The number of hydrogen-bond acceptors (Lipinski definition) is 4. The summed E-state index contributed by atoms with van der Waals surface area (Å²) in [5.41, 5.74) is -0.829. The van der Waals surface area contributed by atoms with E-state index in [-0.39, 0.29) is 18.1 Å². The quantitative estimate of drug-likeness (QED) is 0.778. The Kier molecular flexibility index (Phi) is 5.38. The number of morpholine rings is 1. The van der Waals surface area contributed by atoms with Gasteiger partial charge in [-0.1, -0.05) is 19.1 Å². The van der Waals surface area contributed by atoms with Crippen LogP contribution in [0, 0.1) is 11.7 Å². The van der Waals surface area contributed by atoms with Crippen molar-refractivity contribution in [2.45, 2.75) is 44.4 Å². The molecule has 1 aromatic carbocycles. The maximum atomic E-state index is 14.4. The van der Waals surface area contributed by atoms with Crippen molar-refractivity contribution >= 4 is 11.8 Å². The molecular formula is C21H27FN2O4. The van der Waals surface area contributed by atoms with Crippen molar-refractivity contribution in [2.24, 2.45) is 5.92 Å². The second-order valence-corrected chi connectivity index (χ2v) is 8.05. The van der Waals surface area contributed by atoms with Crippen molar-refractivity contribution in [2.75, 3.05) is 32.9 Å². The first-order valence-electron chi connectivity index (χ1n) is 10.1. The number of hydrogen-bond donors (Lipinski definition) is 0. The van der Waals surface area contributed by atoms with Gasteiger partial charge in [-0.25, -0.2) is 4.39 Å². The van der Waals surface area contributed by atoms with Gasteiger partial charge in [0.15, 0.2) is 0 Å². The molecule has 28 heavy (non-hydrogen) atoms. The van der Waals surface area contributed by atoms with Crippen molar-refractivity contribution < 1.29 is 23.5 Å². The zero-order valence-electron chi connectivity index (χ0n) is 16.2. The van der Waals surface area contributed by atoms with Crippen LogP contribution >= 0.6 is 0 Å². The number of carbonyl (C=O) groups excluding carboxylic acids is 2. The van der Waals surface area contributed by atoms with E-state index in [4.69, 9.17) is 9.47 Å². The fraction of sp³-hybridized carbons (Fsp3) is 0.619. The second-order valence-electron chi connectivity index (χ2n) is 8.05. The summed E-state index contributed by atoms with van der Waals surface area (Å²) >= 11 is 0. The minimum absolute atomic E-state index is 0.00854. The predicted octanol–water partition coefficient (Wildman–Crippen LogP) is 2.43. The molecule has 2 aliphatic heterocycles. The molecule has 1 spiro atoms. The molecule has 6 nitrogen and oxygen atoms in total. The van der Waals surface area contributed by atoms with Crippen molar-refractivity contribution in [1.29, 1.82) is 0 Å². The van der Waals surface area contributed by atoms with Gasteiger partial charge in [0.05, 0.1) is 25.4 Å². The first-order valence-corrected chi connectivity index (χ1v) is 10.1. The highest BCUT2D eigenvalue weighted by molar-refractivity contribution is 5.98. The van der Waals surface area contributed by atoms with Crippen molar-refractivity contribution in [3.8, 4) is 0 Å². The molecule has 2 saturated heterocycles. The Bertz CT molecular complexity index is 742. The predicted molar refractivity (Wildman–Crippen MR) is 100 cm³/mol. The Hall–Kier alpha value is -1.99. The van der Waals surface area contributed by atoms with Gasteiger partial charge < -0.3 is 14.4 Å². The molecule has 0 unspecified atom stereocenters. The Morgan fingerprint density at radius 1 is 1.14 bits per heavy atom. The summed E-state index contributed by atoms with van der Waals surface area (Å²) in [5, 5.41) is 0. The van der Waals surface area contributed by atoms with Gasteiger partial charge in [0.2, 0.25) is 5.91 Å². The average molecular weight is 390 g/mol. The maximum absolute atomic E-state index is 14.4. The molecule has 1 saturated carbocycles. The fourth-order valence-corrected chi connectivity index (χ4v) is 4.53. The number of nitrogens with zero attached hydrogens (tertiary/aromatic N) is 2. The standard InChI is InChI=1S/C21H27FN2O4/c1-15-6-8-21(9-7-15)24(19(25)16-4-2-3-5-17(16)22)18(14-28-21)20(26)23-10-12-27-13-11-23/h2-5,15,18H,6-14H2,1H3/t15?,18-,21?/m1/s1.